The molecule has 1 aliphatic heterocycles. The van der Waals surface area contributed by atoms with Crippen LogP contribution in [0.1, 0.15) is 290 Å². The topological polar surface area (TPSA) is 74.2 Å². The summed E-state index contributed by atoms with van der Waals surface area (Å²) >= 11 is 0. The Labute approximate surface area is 397 Å². The van der Waals surface area contributed by atoms with Gasteiger partial charge < -0.3 is 14.2 Å². The minimum Gasteiger partial charge on any atom is -0.478 e. The molecule has 0 fully saturated rings. The third-order valence-electron chi connectivity index (χ3n) is 12.8. The van der Waals surface area contributed by atoms with Gasteiger partial charge in [-0.1, -0.05) is 211 Å². The van der Waals surface area contributed by atoms with Crippen LogP contribution >= 0.6 is 0 Å². The predicted molar refractivity (Wildman–Crippen MR) is 276 cm³/mol. The van der Waals surface area contributed by atoms with Crippen molar-refractivity contribution in [1.82, 2.24) is 0 Å². The van der Waals surface area contributed by atoms with Crippen LogP contribution in [0, 0.1) is 0 Å². The van der Waals surface area contributed by atoms with Gasteiger partial charge in [-0.15, -0.1) is 0 Å². The Balaban J connectivity index is 2.38. The lowest BCUT2D eigenvalue weighted by atomic mass is 10.0. The molecule has 0 saturated heterocycles. The Morgan fingerprint density at radius 3 is 1.03 bits per heavy atom. The van der Waals surface area contributed by atoms with Crippen molar-refractivity contribution in [3.8, 4) is 0 Å². The van der Waals surface area contributed by atoms with Gasteiger partial charge in [-0.25, -0.2) is 4.99 Å². The molecule has 0 radical (unpaired) electrons. The average molecular weight is 896 g/mol. The van der Waals surface area contributed by atoms with E-state index >= 15 is 0 Å². The molecule has 1 aliphatic rings. The first-order valence-electron chi connectivity index (χ1n) is 28.0. The van der Waals surface area contributed by atoms with Crippen LogP contribution in [0.2, 0.25) is 0 Å². The molecule has 0 spiro atoms. The summed E-state index contributed by atoms with van der Waals surface area (Å²) in [6.07, 6.45) is 64.1. The molecule has 0 aliphatic carbocycles. The van der Waals surface area contributed by atoms with Gasteiger partial charge in [-0.2, -0.15) is 0 Å². The van der Waals surface area contributed by atoms with Crippen molar-refractivity contribution >= 4 is 17.8 Å². The predicted octanol–water partition coefficient (Wildman–Crippen LogP) is 18.4. The standard InChI is InChI=1S/C58H105NO5/c1-4-7-10-13-16-19-22-25-28-31-34-37-40-43-46-49-55-59-58(52-62-55,53-63-56(60)50-47-44-41-38-35-32-29-26-23-20-17-14-11-8-5-2)54-64-57(61)51-48-45-42-39-36-33-30-27-24-21-18-15-12-9-6-3/h25-30H,4-24,31-54H2,1-3H3/b28-25+,29-26-,30-27-. The highest BCUT2D eigenvalue weighted by Crippen LogP contribution is 2.24. The van der Waals surface area contributed by atoms with Crippen LogP contribution in [0.3, 0.4) is 0 Å². The molecule has 1 rings (SSSR count). The molecular formula is C58H105NO5. The summed E-state index contributed by atoms with van der Waals surface area (Å²) in [5.74, 6) is 0.314. The quantitative estimate of drug-likeness (QED) is 0.0345. The summed E-state index contributed by atoms with van der Waals surface area (Å²) < 4.78 is 17.7. The molecule has 6 nitrogen and oxygen atoms in total. The van der Waals surface area contributed by atoms with E-state index in [-0.39, 0.29) is 31.8 Å². The van der Waals surface area contributed by atoms with Crippen molar-refractivity contribution in [2.45, 2.75) is 296 Å². The molecule has 0 bridgehead atoms. The summed E-state index contributed by atoms with van der Waals surface area (Å²) in [6.45, 7) is 7.29. The first-order chi connectivity index (χ1) is 31.5. The number of hydrogen-bond acceptors (Lipinski definition) is 6. The maximum Gasteiger partial charge on any atom is 0.305 e. The zero-order valence-corrected chi connectivity index (χ0v) is 42.8. The summed E-state index contributed by atoms with van der Waals surface area (Å²) in [7, 11) is 0. The lowest BCUT2D eigenvalue weighted by Crippen LogP contribution is -2.41. The Bertz CT molecular complexity index is 1100. The number of carbonyl (C=O) groups is 2. The minimum atomic E-state index is -0.854. The van der Waals surface area contributed by atoms with E-state index in [0.29, 0.717) is 18.7 Å². The molecule has 372 valence electrons. The van der Waals surface area contributed by atoms with Crippen LogP contribution in [0.25, 0.3) is 0 Å². The Morgan fingerprint density at radius 1 is 0.422 bits per heavy atom. The molecule has 0 aromatic heterocycles. The van der Waals surface area contributed by atoms with Crippen LogP contribution in [0.15, 0.2) is 41.4 Å². The maximum absolute atomic E-state index is 12.9. The number of esters is 2. The summed E-state index contributed by atoms with van der Waals surface area (Å²) in [6, 6.07) is 0. The van der Waals surface area contributed by atoms with Gasteiger partial charge >= 0.3 is 11.9 Å². The molecule has 0 aromatic carbocycles. The largest absolute Gasteiger partial charge is 0.478 e. The highest BCUT2D eigenvalue weighted by atomic mass is 16.6. The second kappa shape index (κ2) is 47.1. The lowest BCUT2D eigenvalue weighted by molar-refractivity contribution is -0.150. The molecule has 0 aromatic rings. The first-order valence-corrected chi connectivity index (χ1v) is 28.0. The zero-order valence-electron chi connectivity index (χ0n) is 42.8. The number of carbonyl (C=O) groups excluding carboxylic acids is 2. The van der Waals surface area contributed by atoms with E-state index in [1.54, 1.807) is 0 Å². The summed E-state index contributed by atoms with van der Waals surface area (Å²) in [5, 5.41) is 0. The van der Waals surface area contributed by atoms with E-state index in [0.717, 1.165) is 70.6 Å². The third-order valence-corrected chi connectivity index (χ3v) is 12.8. The molecule has 0 unspecified atom stereocenters. The van der Waals surface area contributed by atoms with Gasteiger partial charge in [-0.3, -0.25) is 9.59 Å². The van der Waals surface area contributed by atoms with E-state index in [1.165, 1.54) is 186 Å². The van der Waals surface area contributed by atoms with Crippen molar-refractivity contribution in [3.63, 3.8) is 0 Å². The number of nitrogens with zero attached hydrogens (tertiary/aromatic N) is 1. The third kappa shape index (κ3) is 39.9. The number of hydrogen-bond donors (Lipinski definition) is 0. The van der Waals surface area contributed by atoms with Crippen molar-refractivity contribution in [1.29, 1.82) is 0 Å². The molecule has 0 saturated carbocycles. The second-order valence-electron chi connectivity index (χ2n) is 19.3. The molecular weight excluding hydrogens is 791 g/mol. The van der Waals surface area contributed by atoms with Crippen LogP contribution in [0.5, 0.6) is 0 Å². The van der Waals surface area contributed by atoms with Gasteiger partial charge in [0.1, 0.15) is 19.8 Å². The Morgan fingerprint density at radius 2 is 0.703 bits per heavy atom. The fraction of sp³-hybridized carbons (Fsp3) is 0.845. The molecule has 64 heavy (non-hydrogen) atoms. The van der Waals surface area contributed by atoms with Crippen molar-refractivity contribution < 1.29 is 23.8 Å². The minimum absolute atomic E-state index is 0.0907. The number of unbranched alkanes of at least 4 members (excludes halogenated alkanes) is 33. The molecule has 0 N–H and O–H groups in total. The second-order valence-corrected chi connectivity index (χ2v) is 19.3. The van der Waals surface area contributed by atoms with Gasteiger partial charge in [0.05, 0.1) is 0 Å². The molecule has 0 atom stereocenters. The molecule has 0 amide bonds. The van der Waals surface area contributed by atoms with Gasteiger partial charge in [0, 0.05) is 19.3 Å². The van der Waals surface area contributed by atoms with Gasteiger partial charge in [0.25, 0.3) is 0 Å². The van der Waals surface area contributed by atoms with E-state index in [1.807, 2.05) is 0 Å². The Kier molecular flexibility index (Phi) is 43.9. The zero-order chi connectivity index (χ0) is 46.1. The van der Waals surface area contributed by atoms with Crippen molar-refractivity contribution in [2.24, 2.45) is 4.99 Å². The first kappa shape index (κ1) is 59.6. The smallest absolute Gasteiger partial charge is 0.305 e. The van der Waals surface area contributed by atoms with E-state index in [2.05, 4.69) is 57.2 Å². The van der Waals surface area contributed by atoms with E-state index in [9.17, 15) is 9.59 Å². The Hall–Kier alpha value is -2.37. The number of ether oxygens (including phenoxy) is 3. The van der Waals surface area contributed by atoms with Crippen LogP contribution in [-0.4, -0.2) is 43.2 Å². The normalized spacial score (nSPS) is 13.7. The van der Waals surface area contributed by atoms with Gasteiger partial charge in [0.2, 0.25) is 0 Å². The highest BCUT2D eigenvalue weighted by molar-refractivity contribution is 5.78. The average Bonchev–Trinajstić information content (AvgIpc) is 3.71. The van der Waals surface area contributed by atoms with Crippen molar-refractivity contribution in [3.05, 3.63) is 36.5 Å². The fourth-order valence-corrected chi connectivity index (χ4v) is 8.47. The SMILES string of the molecule is CCCCCCCC/C=C\CCCCCCCC(=O)OCC1(COC(=O)CCCCCCC/C=C\CCCCCCCC)COC(CCCCCCC/C=C/CCCCCCCC)=N1. The van der Waals surface area contributed by atoms with Crippen LogP contribution in [0.4, 0.5) is 0 Å². The maximum atomic E-state index is 12.9. The number of allylic oxidation sites excluding steroid dienone is 6. The van der Waals surface area contributed by atoms with E-state index in [4.69, 9.17) is 19.2 Å². The lowest BCUT2D eigenvalue weighted by Gasteiger charge is -2.23. The summed E-state index contributed by atoms with van der Waals surface area (Å²) in [5.41, 5.74) is -0.854. The molecule has 6 heteroatoms. The monoisotopic (exact) mass is 896 g/mol. The van der Waals surface area contributed by atoms with E-state index < -0.39 is 5.54 Å². The van der Waals surface area contributed by atoms with Gasteiger partial charge in [-0.05, 0) is 96.3 Å². The number of aliphatic imine (C=N–C) groups is 1. The van der Waals surface area contributed by atoms with Gasteiger partial charge in [0.15, 0.2) is 11.4 Å². The highest BCUT2D eigenvalue weighted by Gasteiger charge is 2.39. The fourth-order valence-electron chi connectivity index (χ4n) is 8.47. The summed E-state index contributed by atoms with van der Waals surface area (Å²) in [4.78, 5) is 30.7. The van der Waals surface area contributed by atoms with Crippen LogP contribution < -0.4 is 0 Å². The number of rotatable bonds is 49. The van der Waals surface area contributed by atoms with Crippen molar-refractivity contribution in [2.75, 3.05) is 19.8 Å². The van der Waals surface area contributed by atoms with Crippen LogP contribution in [-0.2, 0) is 23.8 Å². The molecule has 1 heterocycles.